The van der Waals surface area contributed by atoms with Crippen LogP contribution in [0.25, 0.3) is 6.08 Å². The molecule has 1 saturated heterocycles. The first-order valence-electron chi connectivity index (χ1n) is 6.53. The van der Waals surface area contributed by atoms with Gasteiger partial charge in [-0.3, -0.25) is 9.69 Å². The number of aryl methyl sites for hydroxylation is 1. The predicted octanol–water partition coefficient (Wildman–Crippen LogP) is 2.85. The van der Waals surface area contributed by atoms with Crippen molar-refractivity contribution in [3.05, 3.63) is 41.1 Å². The summed E-state index contributed by atoms with van der Waals surface area (Å²) in [7, 11) is 0. The van der Waals surface area contributed by atoms with E-state index in [1.807, 2.05) is 37.3 Å². The highest BCUT2D eigenvalue weighted by atomic mass is 32.1. The Morgan fingerprint density at radius 1 is 1.32 bits per heavy atom. The number of hydrogen-bond acceptors (Lipinski definition) is 2. The molecule has 0 unspecified atom stereocenters. The van der Waals surface area contributed by atoms with Gasteiger partial charge < -0.3 is 5.32 Å². The van der Waals surface area contributed by atoms with Crippen LogP contribution in [-0.4, -0.2) is 22.5 Å². The molecular formula is C15H18N2OS. The Kier molecular flexibility index (Phi) is 4.32. The highest BCUT2D eigenvalue weighted by Crippen LogP contribution is 2.15. The van der Waals surface area contributed by atoms with Gasteiger partial charge in [-0.05, 0) is 37.2 Å². The second-order valence-electron chi connectivity index (χ2n) is 4.71. The van der Waals surface area contributed by atoms with E-state index < -0.39 is 0 Å². The van der Waals surface area contributed by atoms with Crippen molar-refractivity contribution < 1.29 is 4.79 Å². The molecule has 3 nitrogen and oxygen atoms in total. The minimum absolute atomic E-state index is 0.0287. The van der Waals surface area contributed by atoms with Gasteiger partial charge in [0.25, 0.3) is 5.91 Å². The van der Waals surface area contributed by atoms with E-state index in [1.165, 1.54) is 5.56 Å². The summed E-state index contributed by atoms with van der Waals surface area (Å²) in [6, 6.07) is 8.04. The van der Waals surface area contributed by atoms with E-state index in [-0.39, 0.29) is 5.91 Å². The van der Waals surface area contributed by atoms with Gasteiger partial charge in [-0.1, -0.05) is 43.2 Å². The van der Waals surface area contributed by atoms with Gasteiger partial charge in [0.05, 0.1) is 0 Å². The summed E-state index contributed by atoms with van der Waals surface area (Å²) in [6.07, 6.45) is 3.86. The van der Waals surface area contributed by atoms with Crippen LogP contribution >= 0.6 is 12.2 Å². The fourth-order valence-electron chi connectivity index (χ4n) is 1.92. The molecule has 1 amide bonds. The Morgan fingerprint density at radius 2 is 2.00 bits per heavy atom. The molecular weight excluding hydrogens is 256 g/mol. The zero-order chi connectivity index (χ0) is 13.8. The maximum Gasteiger partial charge on any atom is 0.276 e. The number of rotatable bonds is 4. The molecule has 1 aromatic carbocycles. The third-order valence-corrected chi connectivity index (χ3v) is 3.41. The largest absolute Gasteiger partial charge is 0.328 e. The summed E-state index contributed by atoms with van der Waals surface area (Å²) < 4.78 is 0. The maximum atomic E-state index is 12.2. The number of benzene rings is 1. The molecule has 100 valence electrons. The fourth-order valence-corrected chi connectivity index (χ4v) is 2.20. The molecule has 0 atom stereocenters. The van der Waals surface area contributed by atoms with Crippen LogP contribution in [0.15, 0.2) is 30.0 Å². The third-order valence-electron chi connectivity index (χ3n) is 3.09. The van der Waals surface area contributed by atoms with E-state index in [2.05, 4.69) is 12.2 Å². The predicted molar refractivity (Wildman–Crippen MR) is 81.5 cm³/mol. The van der Waals surface area contributed by atoms with Crippen molar-refractivity contribution in [3.8, 4) is 0 Å². The molecule has 2 rings (SSSR count). The van der Waals surface area contributed by atoms with Gasteiger partial charge >= 0.3 is 0 Å². The van der Waals surface area contributed by atoms with Gasteiger partial charge in [0.1, 0.15) is 5.70 Å². The first kappa shape index (κ1) is 13.7. The highest BCUT2D eigenvalue weighted by molar-refractivity contribution is 7.80. The molecule has 0 aliphatic carbocycles. The summed E-state index contributed by atoms with van der Waals surface area (Å²) in [5, 5.41) is 3.51. The minimum atomic E-state index is -0.0287. The smallest absolute Gasteiger partial charge is 0.276 e. The molecule has 1 N–H and O–H groups in total. The van der Waals surface area contributed by atoms with Crippen LogP contribution in [0.2, 0.25) is 0 Å². The zero-order valence-corrected chi connectivity index (χ0v) is 12.1. The zero-order valence-electron chi connectivity index (χ0n) is 11.3. The van der Waals surface area contributed by atoms with Crippen molar-refractivity contribution in [3.63, 3.8) is 0 Å². The summed E-state index contributed by atoms with van der Waals surface area (Å²) in [5.74, 6) is -0.0287. The van der Waals surface area contributed by atoms with E-state index >= 15 is 0 Å². The molecule has 19 heavy (non-hydrogen) atoms. The van der Waals surface area contributed by atoms with Crippen LogP contribution in [0.4, 0.5) is 0 Å². The Labute approximate surface area is 119 Å². The van der Waals surface area contributed by atoms with Gasteiger partial charge in [-0.15, -0.1) is 0 Å². The second kappa shape index (κ2) is 5.97. The van der Waals surface area contributed by atoms with Crippen LogP contribution in [0.1, 0.15) is 30.9 Å². The fraction of sp³-hybridized carbons (Fsp3) is 0.333. The molecule has 1 aromatic rings. The van der Waals surface area contributed by atoms with Crippen LogP contribution in [0.3, 0.4) is 0 Å². The number of carbonyl (C=O) groups excluding carboxylic acids is 1. The number of nitrogens with zero attached hydrogens (tertiary/aromatic N) is 1. The van der Waals surface area contributed by atoms with Crippen molar-refractivity contribution in [1.29, 1.82) is 0 Å². The molecule has 0 aromatic heterocycles. The van der Waals surface area contributed by atoms with Crippen molar-refractivity contribution in [1.82, 2.24) is 10.2 Å². The Bertz CT molecular complexity index is 519. The summed E-state index contributed by atoms with van der Waals surface area (Å²) in [6.45, 7) is 4.82. The van der Waals surface area contributed by atoms with Crippen molar-refractivity contribution >= 4 is 29.3 Å². The standard InChI is InChI=1S/C15H18N2OS/c1-3-4-9-17-14(18)13(16-15(17)19)10-12-7-5-11(2)6-8-12/h5-8,10H,3-4,9H2,1-2H3,(H,16,19)/b13-10+. The van der Waals surface area contributed by atoms with Gasteiger partial charge in [-0.2, -0.15) is 0 Å². The van der Waals surface area contributed by atoms with Crippen LogP contribution in [0, 0.1) is 6.92 Å². The molecule has 0 bridgehead atoms. The highest BCUT2D eigenvalue weighted by Gasteiger charge is 2.29. The molecule has 0 radical (unpaired) electrons. The van der Waals surface area contributed by atoms with Crippen LogP contribution in [-0.2, 0) is 4.79 Å². The molecule has 4 heteroatoms. The maximum absolute atomic E-state index is 12.2. The lowest BCUT2D eigenvalue weighted by Crippen LogP contribution is -2.31. The quantitative estimate of drug-likeness (QED) is 0.677. The van der Waals surface area contributed by atoms with E-state index in [0.29, 0.717) is 17.4 Å². The van der Waals surface area contributed by atoms with Gasteiger partial charge in [0, 0.05) is 6.54 Å². The number of amides is 1. The molecule has 0 spiro atoms. The Hall–Kier alpha value is -1.68. The Morgan fingerprint density at radius 3 is 2.63 bits per heavy atom. The summed E-state index contributed by atoms with van der Waals surface area (Å²) in [4.78, 5) is 13.8. The number of hydrogen-bond donors (Lipinski definition) is 1. The molecule has 0 saturated carbocycles. The first-order chi connectivity index (χ1) is 9.11. The lowest BCUT2D eigenvalue weighted by molar-refractivity contribution is -0.122. The molecule has 1 heterocycles. The van der Waals surface area contributed by atoms with Crippen LogP contribution < -0.4 is 5.32 Å². The Balaban J connectivity index is 2.16. The molecule has 1 fully saturated rings. The van der Waals surface area contributed by atoms with E-state index in [1.54, 1.807) is 4.90 Å². The van der Waals surface area contributed by atoms with Crippen LogP contribution in [0.5, 0.6) is 0 Å². The summed E-state index contributed by atoms with van der Waals surface area (Å²) in [5.41, 5.74) is 2.76. The third kappa shape index (κ3) is 3.20. The lowest BCUT2D eigenvalue weighted by atomic mass is 10.1. The molecule has 1 aliphatic heterocycles. The van der Waals surface area contributed by atoms with Gasteiger partial charge in [-0.25, -0.2) is 0 Å². The second-order valence-corrected chi connectivity index (χ2v) is 5.10. The van der Waals surface area contributed by atoms with E-state index in [4.69, 9.17) is 12.2 Å². The number of thiocarbonyl (C=S) groups is 1. The van der Waals surface area contributed by atoms with Crippen molar-refractivity contribution in [2.45, 2.75) is 26.7 Å². The monoisotopic (exact) mass is 274 g/mol. The summed E-state index contributed by atoms with van der Waals surface area (Å²) >= 11 is 5.20. The van der Waals surface area contributed by atoms with E-state index in [0.717, 1.165) is 18.4 Å². The topological polar surface area (TPSA) is 32.3 Å². The van der Waals surface area contributed by atoms with Gasteiger partial charge in [0.2, 0.25) is 0 Å². The average Bonchev–Trinajstić information content (AvgIpc) is 2.65. The molecule has 1 aliphatic rings. The van der Waals surface area contributed by atoms with Crippen molar-refractivity contribution in [2.24, 2.45) is 0 Å². The van der Waals surface area contributed by atoms with E-state index in [9.17, 15) is 4.79 Å². The number of nitrogens with one attached hydrogen (secondary N) is 1. The SMILES string of the molecule is CCCCN1C(=O)/C(=C\c2ccc(C)cc2)NC1=S. The first-order valence-corrected chi connectivity index (χ1v) is 6.94. The normalized spacial score (nSPS) is 17.2. The van der Waals surface area contributed by atoms with Crippen molar-refractivity contribution in [2.75, 3.05) is 6.54 Å². The number of carbonyl (C=O) groups is 1. The average molecular weight is 274 g/mol. The minimum Gasteiger partial charge on any atom is -0.328 e. The van der Waals surface area contributed by atoms with Gasteiger partial charge in [0.15, 0.2) is 5.11 Å². The lowest BCUT2D eigenvalue weighted by Gasteiger charge is -2.12. The number of unbranched alkanes of at least 4 members (excludes halogenated alkanes) is 1.